The van der Waals surface area contributed by atoms with Gasteiger partial charge in [0, 0.05) is 39.4 Å². The number of nitrogens with zero attached hydrogens (tertiary/aromatic N) is 2. The van der Waals surface area contributed by atoms with Gasteiger partial charge in [0.2, 0.25) is 0 Å². The molecular weight excluding hydrogens is 474 g/mol. The second-order valence-electron chi connectivity index (χ2n) is 9.64. The van der Waals surface area contributed by atoms with Gasteiger partial charge in [-0.05, 0) is 55.2 Å². The van der Waals surface area contributed by atoms with Crippen LogP contribution in [0.2, 0.25) is 0 Å². The number of nitrogens with one attached hydrogen (secondary N) is 1. The molecule has 1 N–H and O–H groups in total. The van der Waals surface area contributed by atoms with Crippen molar-refractivity contribution in [1.82, 2.24) is 4.90 Å². The first kappa shape index (κ1) is 24.6. The molecule has 2 unspecified atom stereocenters. The van der Waals surface area contributed by atoms with Crippen molar-refractivity contribution in [2.24, 2.45) is 0 Å². The summed E-state index contributed by atoms with van der Waals surface area (Å²) in [6.07, 6.45) is 0.479. The lowest BCUT2D eigenvalue weighted by Gasteiger charge is -2.22. The minimum Gasteiger partial charge on any atom is -0.486 e. The van der Waals surface area contributed by atoms with Crippen molar-refractivity contribution in [3.05, 3.63) is 89.0 Å². The summed E-state index contributed by atoms with van der Waals surface area (Å²) in [7, 11) is -2.03. The van der Waals surface area contributed by atoms with Crippen molar-refractivity contribution < 1.29 is 17.9 Å². The van der Waals surface area contributed by atoms with Crippen LogP contribution in [0.25, 0.3) is 0 Å². The highest BCUT2D eigenvalue weighted by atomic mass is 32.2. The smallest absolute Gasteiger partial charge is 0.323 e. The van der Waals surface area contributed by atoms with Gasteiger partial charge in [0.25, 0.3) is 0 Å². The van der Waals surface area contributed by atoms with Crippen LogP contribution in [0.4, 0.5) is 11.4 Å². The monoisotopic (exact) mass is 507 g/mol. The van der Waals surface area contributed by atoms with Crippen LogP contribution in [0.5, 0.6) is 5.75 Å². The Morgan fingerprint density at radius 2 is 1.78 bits per heavy atom. The summed E-state index contributed by atoms with van der Waals surface area (Å²) in [4.78, 5) is 2.35. The number of benzene rings is 3. The minimum absolute atomic E-state index is 0.0726. The molecule has 2 atom stereocenters. The van der Waals surface area contributed by atoms with Crippen LogP contribution < -0.4 is 13.8 Å². The topological polar surface area (TPSA) is 71.1 Å². The molecule has 3 aromatic carbocycles. The molecule has 5 rings (SSSR count). The van der Waals surface area contributed by atoms with Crippen LogP contribution in [0.15, 0.2) is 66.7 Å². The average Bonchev–Trinajstić information content (AvgIpc) is 3.45. The fourth-order valence-corrected chi connectivity index (χ4v) is 6.37. The molecular formula is C28H33N3O4S. The molecule has 3 aromatic rings. The number of aryl methyl sites for hydroxylation is 2. The summed E-state index contributed by atoms with van der Waals surface area (Å²) < 4.78 is 42.5. The number of fused-ring (bicyclic) bond motifs is 1. The summed E-state index contributed by atoms with van der Waals surface area (Å²) in [6.45, 7) is 7.02. The van der Waals surface area contributed by atoms with Gasteiger partial charge < -0.3 is 9.47 Å². The number of likely N-dealkylation sites (tertiary alicyclic amines) is 1. The van der Waals surface area contributed by atoms with Crippen molar-refractivity contribution in [2.45, 2.75) is 39.0 Å². The molecule has 0 saturated carbocycles. The fourth-order valence-electron chi connectivity index (χ4n) is 5.07. The maximum absolute atomic E-state index is 13.1. The lowest BCUT2D eigenvalue weighted by Crippen LogP contribution is -2.34. The first-order valence-corrected chi connectivity index (χ1v) is 13.7. The molecule has 8 heteroatoms. The number of hydrogen-bond donors (Lipinski definition) is 1. The highest BCUT2D eigenvalue weighted by Gasteiger charge is 2.35. The first-order valence-electron chi connectivity index (χ1n) is 12.3. The Kier molecular flexibility index (Phi) is 6.92. The lowest BCUT2D eigenvalue weighted by atomic mass is 10.1. The molecule has 1 fully saturated rings. The highest BCUT2D eigenvalue weighted by molar-refractivity contribution is 7.94. The number of ether oxygens (including phenoxy) is 2. The van der Waals surface area contributed by atoms with Crippen LogP contribution in [-0.4, -0.2) is 52.3 Å². The van der Waals surface area contributed by atoms with Gasteiger partial charge in [-0.3, -0.25) is 13.9 Å². The first-order chi connectivity index (χ1) is 17.3. The van der Waals surface area contributed by atoms with Crippen molar-refractivity contribution in [3.8, 4) is 5.75 Å². The van der Waals surface area contributed by atoms with E-state index in [0.717, 1.165) is 30.9 Å². The summed E-state index contributed by atoms with van der Waals surface area (Å²) in [5.74, 6) is 0.609. The predicted molar refractivity (Wildman–Crippen MR) is 143 cm³/mol. The average molecular weight is 508 g/mol. The number of rotatable bonds is 8. The van der Waals surface area contributed by atoms with Gasteiger partial charge in [-0.2, -0.15) is 8.42 Å². The summed E-state index contributed by atoms with van der Waals surface area (Å²) >= 11 is 0. The Hall–Kier alpha value is -3.07. The predicted octanol–water partition coefficient (Wildman–Crippen LogP) is 4.30. The number of anilines is 2. The largest absolute Gasteiger partial charge is 0.486 e. The molecule has 0 radical (unpaired) electrons. The maximum atomic E-state index is 13.1. The normalized spacial score (nSPS) is 19.9. The van der Waals surface area contributed by atoms with E-state index in [4.69, 9.17) is 9.47 Å². The second kappa shape index (κ2) is 10.1. The third-order valence-electron chi connectivity index (χ3n) is 7.00. The molecule has 0 aliphatic carbocycles. The van der Waals surface area contributed by atoms with Crippen LogP contribution in [0.3, 0.4) is 0 Å². The number of methoxy groups -OCH3 is 1. The van der Waals surface area contributed by atoms with Crippen molar-refractivity contribution >= 4 is 21.6 Å². The Bertz CT molecular complexity index is 1340. The van der Waals surface area contributed by atoms with Gasteiger partial charge >= 0.3 is 10.2 Å². The zero-order valence-electron chi connectivity index (χ0n) is 21.0. The van der Waals surface area contributed by atoms with Gasteiger partial charge in [-0.25, -0.2) is 0 Å². The molecule has 190 valence electrons. The minimum atomic E-state index is -3.74. The third-order valence-corrected chi connectivity index (χ3v) is 8.45. The van der Waals surface area contributed by atoms with Gasteiger partial charge in [-0.1, -0.05) is 48.0 Å². The summed E-state index contributed by atoms with van der Waals surface area (Å²) in [6, 6.07) is 21.3. The third kappa shape index (κ3) is 5.21. The standard InChI is InChI=1S/C28H33N3O4S/c1-20-11-12-21(2)23(15-20)17-30-18-27(34-3)28(19-30)35-25-9-6-8-24(16-25)29-36(32,33)31-14-13-22-7-4-5-10-26(22)31/h4-12,15-16,27-29H,13-14,17-19H2,1-3H3. The van der Waals surface area contributed by atoms with Crippen LogP contribution in [0.1, 0.15) is 22.3 Å². The SMILES string of the molecule is COC1CN(Cc2cc(C)ccc2C)CC1Oc1cccc(NS(=O)(=O)N2CCc3ccccc32)c1. The van der Waals surface area contributed by atoms with E-state index in [1.165, 1.54) is 21.0 Å². The Labute approximate surface area is 213 Å². The second-order valence-corrected chi connectivity index (χ2v) is 11.2. The highest BCUT2D eigenvalue weighted by Crippen LogP contribution is 2.31. The quantitative estimate of drug-likeness (QED) is 0.492. The zero-order chi connectivity index (χ0) is 25.3. The van der Waals surface area contributed by atoms with Crippen molar-refractivity contribution in [3.63, 3.8) is 0 Å². The number of para-hydroxylation sites is 1. The molecule has 2 aliphatic rings. The molecule has 0 aromatic heterocycles. The number of hydrogen-bond acceptors (Lipinski definition) is 5. The molecule has 0 spiro atoms. The van der Waals surface area contributed by atoms with Gasteiger partial charge in [0.15, 0.2) is 0 Å². The van der Waals surface area contributed by atoms with E-state index in [-0.39, 0.29) is 12.2 Å². The molecule has 2 heterocycles. The Balaban J connectivity index is 1.26. The Morgan fingerprint density at radius 1 is 0.972 bits per heavy atom. The van der Waals surface area contributed by atoms with Crippen LogP contribution in [-0.2, 0) is 27.9 Å². The maximum Gasteiger partial charge on any atom is 0.323 e. The van der Waals surface area contributed by atoms with E-state index in [9.17, 15) is 8.42 Å². The lowest BCUT2D eigenvalue weighted by molar-refractivity contribution is 0.0340. The van der Waals surface area contributed by atoms with Gasteiger partial charge in [-0.15, -0.1) is 0 Å². The molecule has 1 saturated heterocycles. The zero-order valence-corrected chi connectivity index (χ0v) is 21.8. The van der Waals surface area contributed by atoms with Gasteiger partial charge in [0.1, 0.15) is 18.0 Å². The van der Waals surface area contributed by atoms with E-state index >= 15 is 0 Å². The molecule has 0 bridgehead atoms. The fraction of sp³-hybridized carbons (Fsp3) is 0.357. The van der Waals surface area contributed by atoms with E-state index < -0.39 is 10.2 Å². The van der Waals surface area contributed by atoms with E-state index in [1.54, 1.807) is 25.3 Å². The summed E-state index contributed by atoms with van der Waals surface area (Å²) in [5, 5.41) is 0. The van der Waals surface area contributed by atoms with E-state index in [0.29, 0.717) is 24.4 Å². The molecule has 7 nitrogen and oxygen atoms in total. The Morgan fingerprint density at radius 3 is 2.61 bits per heavy atom. The van der Waals surface area contributed by atoms with E-state index in [1.807, 2.05) is 30.3 Å². The van der Waals surface area contributed by atoms with Crippen LogP contribution >= 0.6 is 0 Å². The van der Waals surface area contributed by atoms with Gasteiger partial charge in [0.05, 0.1) is 11.4 Å². The van der Waals surface area contributed by atoms with Crippen molar-refractivity contribution in [1.29, 1.82) is 0 Å². The molecule has 0 amide bonds. The van der Waals surface area contributed by atoms with E-state index in [2.05, 4.69) is 41.7 Å². The van der Waals surface area contributed by atoms with Crippen molar-refractivity contribution in [2.75, 3.05) is 35.8 Å². The summed E-state index contributed by atoms with van der Waals surface area (Å²) in [5.41, 5.74) is 6.08. The van der Waals surface area contributed by atoms with Crippen LogP contribution in [0, 0.1) is 13.8 Å². The molecule has 2 aliphatic heterocycles. The molecule has 36 heavy (non-hydrogen) atoms.